The quantitative estimate of drug-likeness (QED) is 0.0976. The Kier molecular flexibility index (Phi) is 21.5. The standard InChI is InChI=1S/C34H57Cl/c1-4-7-8-9-10-11-12-13-14-15-16-17-18-19-20-21-22-23-25-31(24-5-2)26-27-32-28-29-33(6-3)34(35)30-32/h3,28-31H,4-5,7-27H2,1-2H3. The smallest absolute Gasteiger partial charge is 0.0565 e. The number of benzene rings is 1. The number of unbranched alkanes of at least 4 members (excludes halogenated alkanes) is 17. The zero-order chi connectivity index (χ0) is 25.4. The summed E-state index contributed by atoms with van der Waals surface area (Å²) in [5.41, 5.74) is 2.13. The normalized spacial score (nSPS) is 12.1. The van der Waals surface area contributed by atoms with E-state index in [4.69, 9.17) is 18.0 Å². The summed E-state index contributed by atoms with van der Waals surface area (Å²) in [6, 6.07) is 6.21. The van der Waals surface area contributed by atoms with Gasteiger partial charge >= 0.3 is 0 Å². The van der Waals surface area contributed by atoms with Crippen molar-refractivity contribution in [1.29, 1.82) is 0 Å². The molecule has 1 aromatic rings. The summed E-state index contributed by atoms with van der Waals surface area (Å²) >= 11 is 6.28. The molecule has 1 heteroatoms. The van der Waals surface area contributed by atoms with Crippen molar-refractivity contribution in [3.05, 3.63) is 34.3 Å². The molecule has 0 aliphatic rings. The molecule has 1 aromatic carbocycles. The largest absolute Gasteiger partial charge is 0.115 e. The Morgan fingerprint density at radius 2 is 1.11 bits per heavy atom. The van der Waals surface area contributed by atoms with Gasteiger partial charge in [-0.15, -0.1) is 6.42 Å². The van der Waals surface area contributed by atoms with E-state index < -0.39 is 0 Å². The molecule has 0 N–H and O–H groups in total. The third kappa shape index (κ3) is 18.0. The van der Waals surface area contributed by atoms with Crippen LogP contribution in [0.1, 0.15) is 166 Å². The van der Waals surface area contributed by atoms with Crippen LogP contribution in [-0.2, 0) is 6.42 Å². The molecule has 200 valence electrons. The molecule has 0 saturated carbocycles. The van der Waals surface area contributed by atoms with Crippen LogP contribution < -0.4 is 0 Å². The van der Waals surface area contributed by atoms with Crippen molar-refractivity contribution in [2.45, 2.75) is 162 Å². The van der Waals surface area contributed by atoms with Crippen molar-refractivity contribution in [3.8, 4) is 12.3 Å². The van der Waals surface area contributed by atoms with Crippen molar-refractivity contribution >= 4 is 11.6 Å². The van der Waals surface area contributed by atoms with Gasteiger partial charge in [0.15, 0.2) is 0 Å². The number of rotatable bonds is 24. The molecule has 0 aromatic heterocycles. The minimum Gasteiger partial charge on any atom is -0.115 e. The Morgan fingerprint density at radius 1 is 0.629 bits per heavy atom. The molecule has 0 amide bonds. The molecule has 0 spiro atoms. The van der Waals surface area contributed by atoms with E-state index in [1.54, 1.807) is 0 Å². The lowest BCUT2D eigenvalue weighted by molar-refractivity contribution is 0.394. The highest BCUT2D eigenvalue weighted by Crippen LogP contribution is 2.24. The molecule has 0 bridgehead atoms. The third-order valence-electron chi connectivity index (χ3n) is 7.69. The number of halogens is 1. The van der Waals surface area contributed by atoms with Crippen LogP contribution in [0, 0.1) is 18.3 Å². The molecule has 0 aliphatic heterocycles. The highest BCUT2D eigenvalue weighted by molar-refractivity contribution is 6.31. The van der Waals surface area contributed by atoms with Gasteiger partial charge in [0.2, 0.25) is 0 Å². The Bertz CT molecular complexity index is 640. The maximum absolute atomic E-state index is 6.28. The van der Waals surface area contributed by atoms with E-state index in [0.717, 1.165) is 22.9 Å². The van der Waals surface area contributed by atoms with Crippen LogP contribution in [0.15, 0.2) is 18.2 Å². The Morgan fingerprint density at radius 3 is 1.54 bits per heavy atom. The zero-order valence-electron chi connectivity index (χ0n) is 23.5. The lowest BCUT2D eigenvalue weighted by atomic mass is 9.90. The Labute approximate surface area is 225 Å². The maximum Gasteiger partial charge on any atom is 0.0565 e. The fourth-order valence-corrected chi connectivity index (χ4v) is 5.64. The second-order valence-electron chi connectivity index (χ2n) is 11.0. The van der Waals surface area contributed by atoms with E-state index in [1.807, 2.05) is 6.07 Å². The van der Waals surface area contributed by atoms with Gasteiger partial charge in [0.1, 0.15) is 0 Å². The number of terminal acetylenes is 1. The summed E-state index contributed by atoms with van der Waals surface area (Å²) in [6.07, 6.45) is 38.0. The molecule has 0 heterocycles. The van der Waals surface area contributed by atoms with Gasteiger partial charge in [0.25, 0.3) is 0 Å². The van der Waals surface area contributed by atoms with Crippen LogP contribution in [-0.4, -0.2) is 0 Å². The second kappa shape index (κ2) is 23.5. The van der Waals surface area contributed by atoms with Gasteiger partial charge < -0.3 is 0 Å². The highest BCUT2D eigenvalue weighted by atomic mass is 35.5. The molecule has 1 unspecified atom stereocenters. The fraction of sp³-hybridized carbons (Fsp3) is 0.765. The first-order valence-corrected chi connectivity index (χ1v) is 15.8. The first kappa shape index (κ1) is 32.1. The highest BCUT2D eigenvalue weighted by Gasteiger charge is 2.09. The van der Waals surface area contributed by atoms with Crippen LogP contribution >= 0.6 is 11.6 Å². The number of aryl methyl sites for hydroxylation is 1. The monoisotopic (exact) mass is 500 g/mol. The summed E-state index contributed by atoms with van der Waals surface area (Å²) in [6.45, 7) is 4.62. The third-order valence-corrected chi connectivity index (χ3v) is 8.01. The van der Waals surface area contributed by atoms with E-state index in [0.29, 0.717) is 0 Å². The summed E-state index contributed by atoms with van der Waals surface area (Å²) in [5, 5.41) is 0.723. The van der Waals surface area contributed by atoms with E-state index in [1.165, 1.54) is 147 Å². The number of hydrogen-bond acceptors (Lipinski definition) is 0. The summed E-state index contributed by atoms with van der Waals surface area (Å²) < 4.78 is 0. The minimum atomic E-state index is 0.723. The molecule has 0 nitrogen and oxygen atoms in total. The predicted molar refractivity (Wildman–Crippen MR) is 160 cm³/mol. The van der Waals surface area contributed by atoms with Crippen LogP contribution in [0.5, 0.6) is 0 Å². The first-order valence-electron chi connectivity index (χ1n) is 15.5. The molecule has 0 radical (unpaired) electrons. The average molecular weight is 501 g/mol. The van der Waals surface area contributed by atoms with E-state index >= 15 is 0 Å². The van der Waals surface area contributed by atoms with Crippen LogP contribution in [0.25, 0.3) is 0 Å². The summed E-state index contributed by atoms with van der Waals surface area (Å²) in [7, 11) is 0. The van der Waals surface area contributed by atoms with Gasteiger partial charge in [-0.1, -0.05) is 172 Å². The van der Waals surface area contributed by atoms with E-state index in [-0.39, 0.29) is 0 Å². The summed E-state index contributed by atoms with van der Waals surface area (Å²) in [5.74, 6) is 3.51. The van der Waals surface area contributed by atoms with Gasteiger partial charge in [-0.2, -0.15) is 0 Å². The van der Waals surface area contributed by atoms with Crippen LogP contribution in [0.4, 0.5) is 0 Å². The maximum atomic E-state index is 6.28. The van der Waals surface area contributed by atoms with Gasteiger partial charge in [-0.05, 0) is 36.5 Å². The Balaban J connectivity index is 1.93. The fourth-order valence-electron chi connectivity index (χ4n) is 5.38. The molecule has 0 saturated heterocycles. The second-order valence-corrected chi connectivity index (χ2v) is 11.4. The average Bonchev–Trinajstić information content (AvgIpc) is 2.86. The van der Waals surface area contributed by atoms with Gasteiger partial charge in [0, 0.05) is 5.56 Å². The van der Waals surface area contributed by atoms with Crippen molar-refractivity contribution in [2.75, 3.05) is 0 Å². The lowest BCUT2D eigenvalue weighted by Crippen LogP contribution is -2.03. The molecular formula is C34H57Cl. The van der Waals surface area contributed by atoms with Gasteiger partial charge in [-0.3, -0.25) is 0 Å². The molecular weight excluding hydrogens is 444 g/mol. The SMILES string of the molecule is C#Cc1ccc(CCC(CCC)CCCCCCCCCCCCCCCCCCCC)cc1Cl. The first-order chi connectivity index (χ1) is 17.2. The summed E-state index contributed by atoms with van der Waals surface area (Å²) in [4.78, 5) is 0. The Hall–Kier alpha value is -0.930. The topological polar surface area (TPSA) is 0 Å². The van der Waals surface area contributed by atoms with Crippen molar-refractivity contribution < 1.29 is 0 Å². The molecule has 0 fully saturated rings. The van der Waals surface area contributed by atoms with E-state index in [9.17, 15) is 0 Å². The lowest BCUT2D eigenvalue weighted by Gasteiger charge is -2.16. The molecule has 1 atom stereocenters. The predicted octanol–water partition coefficient (Wildman–Crippen LogP) is 12.1. The van der Waals surface area contributed by atoms with Crippen molar-refractivity contribution in [3.63, 3.8) is 0 Å². The molecule has 35 heavy (non-hydrogen) atoms. The van der Waals surface area contributed by atoms with Crippen LogP contribution in [0.2, 0.25) is 5.02 Å². The van der Waals surface area contributed by atoms with Gasteiger partial charge in [-0.25, -0.2) is 0 Å². The van der Waals surface area contributed by atoms with Crippen LogP contribution in [0.3, 0.4) is 0 Å². The minimum absolute atomic E-state index is 0.723. The number of hydrogen-bond donors (Lipinski definition) is 0. The molecule has 1 rings (SSSR count). The van der Waals surface area contributed by atoms with Crippen molar-refractivity contribution in [1.82, 2.24) is 0 Å². The van der Waals surface area contributed by atoms with Gasteiger partial charge in [0.05, 0.1) is 5.02 Å². The molecule has 0 aliphatic carbocycles. The van der Waals surface area contributed by atoms with Crippen molar-refractivity contribution in [2.24, 2.45) is 5.92 Å². The zero-order valence-corrected chi connectivity index (χ0v) is 24.3. The van der Waals surface area contributed by atoms with E-state index in [2.05, 4.69) is 31.9 Å².